The van der Waals surface area contributed by atoms with E-state index in [0.29, 0.717) is 0 Å². The maximum Gasteiger partial charge on any atom is 0.0308 e. The van der Waals surface area contributed by atoms with Gasteiger partial charge in [0.25, 0.3) is 0 Å². The molecule has 0 rings (SSSR count). The third-order valence-corrected chi connectivity index (χ3v) is 1.17. The minimum atomic E-state index is 0.273. The molecule has 0 spiro atoms. The van der Waals surface area contributed by atoms with E-state index in [-0.39, 0.29) is 5.38 Å². The van der Waals surface area contributed by atoms with Gasteiger partial charge in [0.2, 0.25) is 0 Å². The molecule has 0 saturated carbocycles. The molecule has 0 heterocycles. The zero-order chi connectivity index (χ0) is 6.41. The van der Waals surface area contributed by atoms with Gasteiger partial charge in [0.15, 0.2) is 0 Å². The first-order chi connectivity index (χ1) is 3.77. The molecule has 0 fully saturated rings. The number of rotatable bonds is 4. The number of nitrogens with one attached hydrogen (secondary N) is 1. The molecule has 2 heteroatoms. The van der Waals surface area contributed by atoms with Crippen molar-refractivity contribution in [1.82, 2.24) is 0 Å². The first-order valence-electron chi connectivity index (χ1n) is 2.90. The average Bonchev–Trinajstić information content (AvgIpc) is 1.66. The van der Waals surface area contributed by atoms with E-state index in [9.17, 15) is 0 Å². The molecule has 0 amide bonds. The molecule has 0 saturated heterocycles. The lowest BCUT2D eigenvalue weighted by molar-refractivity contribution is 0.752. The van der Waals surface area contributed by atoms with Gasteiger partial charge in [-0.1, -0.05) is 0 Å². The topological polar surface area (TPSA) is 23.9 Å². The Hall–Kier alpha value is -0.0400. The van der Waals surface area contributed by atoms with Crippen molar-refractivity contribution in [3.8, 4) is 0 Å². The number of hydrogen-bond acceptors (Lipinski definition) is 1. The van der Waals surface area contributed by atoms with E-state index >= 15 is 0 Å². The van der Waals surface area contributed by atoms with Gasteiger partial charge >= 0.3 is 0 Å². The smallest absolute Gasteiger partial charge is 0.0308 e. The number of hydrogen-bond donors (Lipinski definition) is 1. The van der Waals surface area contributed by atoms with Crippen molar-refractivity contribution in [2.45, 2.75) is 31.6 Å². The molecule has 1 atom stereocenters. The van der Waals surface area contributed by atoms with Crippen LogP contribution in [0, 0.1) is 5.41 Å². The molecule has 8 heavy (non-hydrogen) atoms. The summed E-state index contributed by atoms with van der Waals surface area (Å²) in [4.78, 5) is 0. The minimum Gasteiger partial charge on any atom is -0.313 e. The molecule has 0 aromatic heterocycles. The molecule has 0 aliphatic heterocycles. The van der Waals surface area contributed by atoms with E-state index in [1.54, 1.807) is 0 Å². The van der Waals surface area contributed by atoms with Gasteiger partial charge in [-0.25, -0.2) is 0 Å². The summed E-state index contributed by atoms with van der Waals surface area (Å²) in [6.45, 7) is 1.98. The molecule has 0 aromatic carbocycles. The zero-order valence-electron chi connectivity index (χ0n) is 5.15. The molecule has 0 aromatic rings. The van der Waals surface area contributed by atoms with Gasteiger partial charge in [0.05, 0.1) is 0 Å². The third-order valence-electron chi connectivity index (χ3n) is 0.950. The molecule has 1 nitrogen and oxygen atoms in total. The number of unbranched alkanes of at least 4 members (excludes halogenated alkanes) is 1. The van der Waals surface area contributed by atoms with Crippen LogP contribution in [0.4, 0.5) is 0 Å². The Kier molecular flexibility index (Phi) is 5.08. The monoisotopic (exact) mass is 133 g/mol. The zero-order valence-corrected chi connectivity index (χ0v) is 5.91. The Labute approximate surface area is 55.6 Å². The van der Waals surface area contributed by atoms with E-state index in [1.165, 1.54) is 6.21 Å². The fraction of sp³-hybridized carbons (Fsp3) is 0.833. The van der Waals surface area contributed by atoms with Crippen molar-refractivity contribution in [2.75, 3.05) is 0 Å². The first kappa shape index (κ1) is 7.96. The van der Waals surface area contributed by atoms with Gasteiger partial charge in [-0.05, 0) is 32.4 Å². The van der Waals surface area contributed by atoms with Crippen LogP contribution in [0.15, 0.2) is 0 Å². The van der Waals surface area contributed by atoms with Crippen LogP contribution in [0.2, 0.25) is 0 Å². The van der Waals surface area contributed by atoms with Gasteiger partial charge in [0.1, 0.15) is 0 Å². The van der Waals surface area contributed by atoms with E-state index < -0.39 is 0 Å². The Balaban J connectivity index is 2.81. The molecule has 1 unspecified atom stereocenters. The van der Waals surface area contributed by atoms with Crippen LogP contribution in [0.5, 0.6) is 0 Å². The standard InChI is InChI=1S/C6H12ClN/c1-6(7)4-2-3-5-8/h5-6,8H,2-4H2,1H3. The minimum absolute atomic E-state index is 0.273. The van der Waals surface area contributed by atoms with Gasteiger partial charge in [-0.15, -0.1) is 11.6 Å². The predicted molar refractivity (Wildman–Crippen MR) is 37.9 cm³/mol. The van der Waals surface area contributed by atoms with Crippen LogP contribution in [-0.4, -0.2) is 11.6 Å². The largest absolute Gasteiger partial charge is 0.313 e. The predicted octanol–water partition coefficient (Wildman–Crippen LogP) is 2.43. The Bertz CT molecular complexity index is 61.5. The Morgan fingerprint density at radius 3 is 2.75 bits per heavy atom. The summed E-state index contributed by atoms with van der Waals surface area (Å²) in [6.07, 6.45) is 4.38. The van der Waals surface area contributed by atoms with Crippen molar-refractivity contribution < 1.29 is 0 Å². The highest BCUT2D eigenvalue weighted by Crippen LogP contribution is 2.04. The number of alkyl halides is 1. The fourth-order valence-electron chi connectivity index (χ4n) is 0.501. The highest BCUT2D eigenvalue weighted by atomic mass is 35.5. The van der Waals surface area contributed by atoms with Crippen LogP contribution in [0.1, 0.15) is 26.2 Å². The van der Waals surface area contributed by atoms with Crippen molar-refractivity contribution >= 4 is 17.8 Å². The second kappa shape index (κ2) is 5.10. The van der Waals surface area contributed by atoms with Crippen molar-refractivity contribution in [3.63, 3.8) is 0 Å². The Morgan fingerprint density at radius 1 is 1.75 bits per heavy atom. The highest BCUT2D eigenvalue weighted by molar-refractivity contribution is 6.20. The van der Waals surface area contributed by atoms with Crippen LogP contribution in [0.25, 0.3) is 0 Å². The van der Waals surface area contributed by atoms with Gasteiger partial charge in [-0.3, -0.25) is 0 Å². The van der Waals surface area contributed by atoms with E-state index in [0.717, 1.165) is 19.3 Å². The molecule has 48 valence electrons. The lowest BCUT2D eigenvalue weighted by Gasteiger charge is -1.96. The lowest BCUT2D eigenvalue weighted by atomic mass is 10.2. The maximum absolute atomic E-state index is 6.68. The maximum atomic E-state index is 6.68. The van der Waals surface area contributed by atoms with Gasteiger partial charge in [0, 0.05) is 5.38 Å². The summed E-state index contributed by atoms with van der Waals surface area (Å²) >= 11 is 5.64. The molecular formula is C6H12ClN. The Morgan fingerprint density at radius 2 is 2.38 bits per heavy atom. The lowest BCUT2D eigenvalue weighted by Crippen LogP contribution is -1.89. The molecule has 0 radical (unpaired) electrons. The molecular weight excluding hydrogens is 122 g/mol. The molecule has 0 aliphatic rings. The van der Waals surface area contributed by atoms with E-state index in [1.807, 2.05) is 6.92 Å². The summed E-state index contributed by atoms with van der Waals surface area (Å²) < 4.78 is 0. The van der Waals surface area contributed by atoms with Crippen LogP contribution >= 0.6 is 11.6 Å². The van der Waals surface area contributed by atoms with Gasteiger partial charge < -0.3 is 5.41 Å². The SMILES string of the molecule is CC(Cl)CCCC=N. The van der Waals surface area contributed by atoms with Crippen LogP contribution in [0.3, 0.4) is 0 Å². The second-order valence-electron chi connectivity index (χ2n) is 1.92. The fourth-order valence-corrected chi connectivity index (χ4v) is 0.655. The molecule has 0 bridgehead atoms. The summed E-state index contributed by atoms with van der Waals surface area (Å²) in [7, 11) is 0. The quantitative estimate of drug-likeness (QED) is 0.346. The van der Waals surface area contributed by atoms with Crippen molar-refractivity contribution in [3.05, 3.63) is 0 Å². The van der Waals surface area contributed by atoms with Crippen LogP contribution < -0.4 is 0 Å². The summed E-state index contributed by atoms with van der Waals surface area (Å²) in [5.74, 6) is 0. The summed E-state index contributed by atoms with van der Waals surface area (Å²) in [5.41, 5.74) is 0. The van der Waals surface area contributed by atoms with Crippen molar-refractivity contribution in [1.29, 1.82) is 5.41 Å². The van der Waals surface area contributed by atoms with E-state index in [4.69, 9.17) is 17.0 Å². The highest BCUT2D eigenvalue weighted by Gasteiger charge is 1.92. The van der Waals surface area contributed by atoms with Crippen LogP contribution in [-0.2, 0) is 0 Å². The first-order valence-corrected chi connectivity index (χ1v) is 3.34. The average molecular weight is 134 g/mol. The van der Waals surface area contributed by atoms with Gasteiger partial charge in [-0.2, -0.15) is 0 Å². The summed E-state index contributed by atoms with van der Waals surface area (Å²) in [5, 5.41) is 6.95. The molecule has 0 aliphatic carbocycles. The van der Waals surface area contributed by atoms with E-state index in [2.05, 4.69) is 0 Å². The third kappa shape index (κ3) is 5.96. The second-order valence-corrected chi connectivity index (χ2v) is 2.66. The normalized spacial score (nSPS) is 13.2. The van der Waals surface area contributed by atoms with Crippen molar-refractivity contribution in [2.24, 2.45) is 0 Å². The summed E-state index contributed by atoms with van der Waals surface area (Å²) in [6, 6.07) is 0. The molecule has 1 N–H and O–H groups in total. The number of halogens is 1.